The van der Waals surface area contributed by atoms with Crippen molar-refractivity contribution in [3.8, 4) is 22.6 Å². The van der Waals surface area contributed by atoms with Crippen LogP contribution in [0.3, 0.4) is 0 Å². The monoisotopic (exact) mass is 666 g/mol. The summed E-state index contributed by atoms with van der Waals surface area (Å²) in [5.74, 6) is 1.54. The molecule has 0 radical (unpaired) electrons. The number of rotatable bonds is 13. The summed E-state index contributed by atoms with van der Waals surface area (Å²) in [5, 5.41) is 3.51. The van der Waals surface area contributed by atoms with Crippen LogP contribution in [0, 0.1) is 5.92 Å². The fourth-order valence-electron chi connectivity index (χ4n) is 7.67. The molecule has 0 aromatic heterocycles. The maximum Gasteiger partial charge on any atom is 0.265 e. The Morgan fingerprint density at radius 1 is 0.939 bits per heavy atom. The molecule has 7 rings (SSSR count). The Bertz CT molecular complexity index is 1590. The van der Waals surface area contributed by atoms with Gasteiger partial charge in [-0.3, -0.25) is 14.5 Å². The maximum absolute atomic E-state index is 14.6. The first kappa shape index (κ1) is 33.6. The van der Waals surface area contributed by atoms with Gasteiger partial charge in [0.05, 0.1) is 11.6 Å². The van der Waals surface area contributed by atoms with E-state index < -0.39 is 0 Å². The average Bonchev–Trinajstić information content (AvgIpc) is 3.99. The van der Waals surface area contributed by atoms with E-state index >= 15 is 0 Å². The van der Waals surface area contributed by atoms with Gasteiger partial charge in [-0.2, -0.15) is 0 Å². The van der Waals surface area contributed by atoms with Gasteiger partial charge in [-0.05, 0) is 111 Å². The van der Waals surface area contributed by atoms with Crippen molar-refractivity contribution in [3.05, 3.63) is 72.3 Å². The summed E-state index contributed by atoms with van der Waals surface area (Å²) in [6, 6.07) is 23.2. The van der Waals surface area contributed by atoms with E-state index in [1.54, 1.807) is 12.0 Å². The van der Waals surface area contributed by atoms with Crippen molar-refractivity contribution in [2.75, 3.05) is 76.0 Å². The molecule has 3 aromatic rings. The number of nitrogens with one attached hydrogen (secondary N) is 1. The molecule has 3 aliphatic heterocycles. The van der Waals surface area contributed by atoms with Gasteiger partial charge in [0.25, 0.3) is 5.91 Å². The number of nitrogens with zero attached hydrogens (tertiary/aromatic N) is 3. The number of hydrogen-bond acceptors (Lipinski definition) is 7. The summed E-state index contributed by atoms with van der Waals surface area (Å²) in [6.45, 7) is 6.70. The topological polar surface area (TPSA) is 83.6 Å². The Morgan fingerprint density at radius 2 is 1.78 bits per heavy atom. The number of anilines is 2. The third kappa shape index (κ3) is 7.95. The zero-order valence-corrected chi connectivity index (χ0v) is 28.8. The van der Waals surface area contributed by atoms with Crippen LogP contribution >= 0.6 is 0 Å². The van der Waals surface area contributed by atoms with Gasteiger partial charge >= 0.3 is 0 Å². The Kier molecular flexibility index (Phi) is 10.8. The van der Waals surface area contributed by atoms with Crippen molar-refractivity contribution < 1.29 is 23.8 Å². The van der Waals surface area contributed by atoms with E-state index in [9.17, 15) is 9.59 Å². The molecule has 0 bridgehead atoms. The molecule has 3 aromatic carbocycles. The van der Waals surface area contributed by atoms with E-state index in [2.05, 4.69) is 58.7 Å². The molecule has 49 heavy (non-hydrogen) atoms. The summed E-state index contributed by atoms with van der Waals surface area (Å²) >= 11 is 0. The molecule has 1 N–H and O–H groups in total. The molecule has 2 amide bonds. The van der Waals surface area contributed by atoms with Gasteiger partial charge < -0.3 is 29.3 Å². The summed E-state index contributed by atoms with van der Waals surface area (Å²) in [4.78, 5) is 33.8. The molecule has 2 atom stereocenters. The average molecular weight is 667 g/mol. The highest BCUT2D eigenvalue weighted by molar-refractivity contribution is 6.01. The first-order valence-electron chi connectivity index (χ1n) is 18.2. The van der Waals surface area contributed by atoms with E-state index in [-0.39, 0.29) is 36.3 Å². The van der Waals surface area contributed by atoms with Crippen LogP contribution in [0.2, 0.25) is 0 Å². The third-order valence-electron chi connectivity index (χ3n) is 10.5. The third-order valence-corrected chi connectivity index (χ3v) is 10.5. The van der Waals surface area contributed by atoms with E-state index in [1.165, 1.54) is 37.9 Å². The van der Waals surface area contributed by atoms with Crippen molar-refractivity contribution in [1.29, 1.82) is 0 Å². The number of amides is 2. The van der Waals surface area contributed by atoms with Crippen LogP contribution in [0.4, 0.5) is 11.4 Å². The van der Waals surface area contributed by atoms with Gasteiger partial charge in [0.15, 0.2) is 6.61 Å². The molecular formula is C40H50N4O5. The Hall–Kier alpha value is -3.92. The summed E-state index contributed by atoms with van der Waals surface area (Å²) in [5.41, 5.74) is 5.05. The number of benzene rings is 3. The van der Waals surface area contributed by atoms with Gasteiger partial charge in [0.2, 0.25) is 5.91 Å². The number of fused-ring (bicyclic) bond motifs is 1. The normalized spacial score (nSPS) is 21.2. The van der Waals surface area contributed by atoms with Crippen LogP contribution in [0.25, 0.3) is 11.1 Å². The molecular weight excluding hydrogens is 616 g/mol. The number of carbonyl (C=O) groups is 2. The summed E-state index contributed by atoms with van der Waals surface area (Å²) < 4.78 is 17.1. The van der Waals surface area contributed by atoms with Gasteiger partial charge in [-0.15, -0.1) is 0 Å². The van der Waals surface area contributed by atoms with E-state index in [4.69, 9.17) is 14.2 Å². The van der Waals surface area contributed by atoms with Crippen LogP contribution in [-0.4, -0.2) is 89.0 Å². The van der Waals surface area contributed by atoms with Crippen LogP contribution in [0.15, 0.2) is 66.7 Å². The SMILES string of the molecule is COCCCN1C(=O)COc2ccc(N(C(=O)[C@H]3CNCC[C@@H]3c3cccc(-c4ccc(OCCN5CCCCC5)cc4)c3)C3CC3)cc21. The van der Waals surface area contributed by atoms with E-state index in [0.29, 0.717) is 32.1 Å². The molecule has 9 heteroatoms. The predicted octanol–water partition coefficient (Wildman–Crippen LogP) is 5.87. The van der Waals surface area contributed by atoms with Crippen molar-refractivity contribution >= 4 is 23.2 Å². The molecule has 2 saturated heterocycles. The fourth-order valence-corrected chi connectivity index (χ4v) is 7.67. The standard InChI is InChI=1S/C40H50N4O5/c1-47-23-6-21-43-37-26-33(13-16-38(37)49-28-39(43)45)44(32-11-12-32)40(46)36-27-41-18-17-35(36)31-8-5-7-30(25-31)29-9-14-34(15-10-29)48-24-22-42-19-3-2-4-20-42/h5,7-10,13-16,25-26,32,35-36,41H,2-4,6,11-12,17-24,27-28H2,1H3/t35-,36+/m1/s1. The minimum atomic E-state index is -0.202. The van der Waals surface area contributed by atoms with Gasteiger partial charge in [-0.1, -0.05) is 42.8 Å². The molecule has 9 nitrogen and oxygen atoms in total. The second-order valence-electron chi connectivity index (χ2n) is 13.9. The molecule has 0 spiro atoms. The number of carbonyl (C=O) groups excluding carboxylic acids is 2. The quantitative estimate of drug-likeness (QED) is 0.229. The van der Waals surface area contributed by atoms with E-state index in [0.717, 1.165) is 67.0 Å². The number of ether oxygens (including phenoxy) is 3. The summed E-state index contributed by atoms with van der Waals surface area (Å²) in [7, 11) is 1.67. The fraction of sp³-hybridized carbons (Fsp3) is 0.500. The smallest absolute Gasteiger partial charge is 0.265 e. The molecule has 3 fully saturated rings. The highest BCUT2D eigenvalue weighted by atomic mass is 16.5. The molecule has 0 unspecified atom stereocenters. The lowest BCUT2D eigenvalue weighted by molar-refractivity contribution is -0.123. The molecule has 4 aliphatic rings. The van der Waals surface area contributed by atoms with Crippen molar-refractivity contribution in [2.24, 2.45) is 5.92 Å². The van der Waals surface area contributed by atoms with Gasteiger partial charge in [-0.25, -0.2) is 0 Å². The second kappa shape index (κ2) is 15.7. The summed E-state index contributed by atoms with van der Waals surface area (Å²) in [6.07, 6.45) is 7.51. The van der Waals surface area contributed by atoms with Crippen LogP contribution in [-0.2, 0) is 14.3 Å². The Balaban J connectivity index is 1.07. The highest BCUT2D eigenvalue weighted by Crippen LogP contribution is 2.42. The van der Waals surface area contributed by atoms with Gasteiger partial charge in [0.1, 0.15) is 18.1 Å². The molecule has 3 heterocycles. The van der Waals surface area contributed by atoms with E-state index in [1.807, 2.05) is 23.1 Å². The number of piperidine rings is 2. The first-order valence-corrected chi connectivity index (χ1v) is 18.2. The highest BCUT2D eigenvalue weighted by Gasteiger charge is 2.41. The maximum atomic E-state index is 14.6. The largest absolute Gasteiger partial charge is 0.492 e. The Morgan fingerprint density at radius 3 is 2.57 bits per heavy atom. The number of hydrogen-bond donors (Lipinski definition) is 1. The van der Waals surface area contributed by atoms with Gasteiger partial charge in [0, 0.05) is 45.1 Å². The second-order valence-corrected chi connectivity index (χ2v) is 13.9. The Labute approximate surface area is 290 Å². The van der Waals surface area contributed by atoms with Crippen molar-refractivity contribution in [3.63, 3.8) is 0 Å². The minimum absolute atomic E-state index is 0.0237. The van der Waals surface area contributed by atoms with Crippen LogP contribution in [0.1, 0.15) is 56.4 Å². The van der Waals surface area contributed by atoms with Crippen molar-refractivity contribution in [2.45, 2.75) is 56.9 Å². The lowest BCUT2D eigenvalue weighted by Crippen LogP contribution is -2.47. The molecule has 260 valence electrons. The lowest BCUT2D eigenvalue weighted by atomic mass is 9.79. The van der Waals surface area contributed by atoms with Crippen LogP contribution < -0.4 is 24.6 Å². The molecule has 1 saturated carbocycles. The van der Waals surface area contributed by atoms with Crippen LogP contribution in [0.5, 0.6) is 11.5 Å². The predicted molar refractivity (Wildman–Crippen MR) is 193 cm³/mol. The zero-order chi connectivity index (χ0) is 33.6. The first-order chi connectivity index (χ1) is 24.1. The number of likely N-dealkylation sites (tertiary alicyclic amines) is 1. The van der Waals surface area contributed by atoms with Crippen molar-refractivity contribution in [1.82, 2.24) is 10.2 Å². The lowest BCUT2D eigenvalue weighted by Gasteiger charge is -2.36. The molecule has 1 aliphatic carbocycles. The zero-order valence-electron chi connectivity index (χ0n) is 28.8. The minimum Gasteiger partial charge on any atom is -0.492 e. The number of methoxy groups -OCH3 is 1.